The molecule has 2 aromatic carbocycles. The quantitative estimate of drug-likeness (QED) is 0.275. The second-order valence-corrected chi connectivity index (χ2v) is 4.79. The van der Waals surface area contributed by atoms with Gasteiger partial charge < -0.3 is 19.3 Å². The molecule has 0 unspecified atom stereocenters. The Balaban J connectivity index is 2.11. The zero-order chi connectivity index (χ0) is 19.4. The minimum atomic E-state index is -2.37. The van der Waals surface area contributed by atoms with E-state index in [-0.39, 0.29) is 18.1 Å². The molecule has 0 aliphatic carbocycles. The van der Waals surface area contributed by atoms with Gasteiger partial charge in [-0.15, -0.1) is 0 Å². The lowest BCUT2D eigenvalue weighted by molar-refractivity contribution is -0.137. The number of halogens is 5. The van der Waals surface area contributed by atoms with Gasteiger partial charge in [-0.05, 0) is 12.1 Å². The summed E-state index contributed by atoms with van der Waals surface area (Å²) in [5.74, 6) is -14.2. The molecular formula is C16H11F5O5. The van der Waals surface area contributed by atoms with Gasteiger partial charge in [0.2, 0.25) is 34.8 Å². The van der Waals surface area contributed by atoms with Crippen molar-refractivity contribution >= 4 is 5.97 Å². The van der Waals surface area contributed by atoms with E-state index in [2.05, 4.69) is 4.74 Å². The molecule has 0 bridgehead atoms. The largest absolute Gasteiger partial charge is 0.496 e. The van der Waals surface area contributed by atoms with E-state index in [0.29, 0.717) is 5.56 Å². The van der Waals surface area contributed by atoms with Crippen molar-refractivity contribution in [1.82, 2.24) is 0 Å². The Morgan fingerprint density at radius 2 is 1.58 bits per heavy atom. The Hall–Kier alpha value is -2.88. The molecule has 0 saturated carbocycles. The summed E-state index contributed by atoms with van der Waals surface area (Å²) in [5, 5.41) is 9.09. The summed E-state index contributed by atoms with van der Waals surface area (Å²) in [5.41, 5.74) is 0.434. The minimum absolute atomic E-state index is 0.0772. The van der Waals surface area contributed by atoms with Crippen molar-refractivity contribution in [2.24, 2.45) is 0 Å². The van der Waals surface area contributed by atoms with E-state index in [1.807, 2.05) is 0 Å². The van der Waals surface area contributed by atoms with Crippen LogP contribution in [0, 0.1) is 29.1 Å². The van der Waals surface area contributed by atoms with Crippen LogP contribution in [0.4, 0.5) is 22.0 Å². The standard InChI is InChI=1S/C16H11F5O5/c1-24-9-4-8(3-2-7(9)5-22)25-6-10(23)26-16-14(20)12(18)11(17)13(19)15(16)21/h2-4,22H,5-6H2,1H3. The van der Waals surface area contributed by atoms with Crippen LogP contribution in [0.5, 0.6) is 17.2 Å². The van der Waals surface area contributed by atoms with Crippen molar-refractivity contribution in [3.05, 3.63) is 52.8 Å². The highest BCUT2D eigenvalue weighted by Crippen LogP contribution is 2.29. The van der Waals surface area contributed by atoms with Crippen LogP contribution in [0.15, 0.2) is 18.2 Å². The van der Waals surface area contributed by atoms with Gasteiger partial charge in [0.05, 0.1) is 13.7 Å². The summed E-state index contributed by atoms with van der Waals surface area (Å²) >= 11 is 0. The van der Waals surface area contributed by atoms with Crippen molar-refractivity contribution in [2.45, 2.75) is 6.61 Å². The molecule has 0 amide bonds. The predicted octanol–water partition coefficient (Wildman–Crippen LogP) is 2.87. The molecule has 0 aliphatic heterocycles. The zero-order valence-electron chi connectivity index (χ0n) is 13.1. The van der Waals surface area contributed by atoms with Crippen LogP contribution >= 0.6 is 0 Å². The third-order valence-corrected chi connectivity index (χ3v) is 3.17. The van der Waals surface area contributed by atoms with Gasteiger partial charge in [-0.1, -0.05) is 0 Å². The lowest BCUT2D eigenvalue weighted by Gasteiger charge is -2.11. The second kappa shape index (κ2) is 8.00. The van der Waals surface area contributed by atoms with Crippen molar-refractivity contribution in [1.29, 1.82) is 0 Å². The third-order valence-electron chi connectivity index (χ3n) is 3.17. The summed E-state index contributed by atoms with van der Waals surface area (Å²) in [4.78, 5) is 11.6. The third kappa shape index (κ3) is 3.85. The first kappa shape index (κ1) is 19.4. The average Bonchev–Trinajstić information content (AvgIpc) is 2.66. The van der Waals surface area contributed by atoms with Crippen LogP contribution < -0.4 is 14.2 Å². The highest BCUT2D eigenvalue weighted by atomic mass is 19.2. The fourth-order valence-electron chi connectivity index (χ4n) is 1.91. The number of ether oxygens (including phenoxy) is 3. The Morgan fingerprint density at radius 1 is 1.00 bits per heavy atom. The van der Waals surface area contributed by atoms with Crippen LogP contribution in [0.3, 0.4) is 0 Å². The van der Waals surface area contributed by atoms with Gasteiger partial charge in [-0.3, -0.25) is 0 Å². The molecule has 1 N–H and O–H groups in total. The molecule has 140 valence electrons. The number of aliphatic hydroxyl groups excluding tert-OH is 1. The van der Waals surface area contributed by atoms with Gasteiger partial charge in [0, 0.05) is 11.6 Å². The van der Waals surface area contributed by atoms with E-state index in [0.717, 1.165) is 0 Å². The molecule has 2 aromatic rings. The highest BCUT2D eigenvalue weighted by molar-refractivity contribution is 5.74. The van der Waals surface area contributed by atoms with Gasteiger partial charge in [0.15, 0.2) is 6.61 Å². The van der Waals surface area contributed by atoms with E-state index < -0.39 is 47.4 Å². The number of carbonyl (C=O) groups excluding carboxylic acids is 1. The topological polar surface area (TPSA) is 65.0 Å². The molecule has 0 radical (unpaired) electrons. The van der Waals surface area contributed by atoms with Gasteiger partial charge in [0.1, 0.15) is 11.5 Å². The fraction of sp³-hybridized carbons (Fsp3) is 0.188. The Bertz CT molecular complexity index is 811. The average molecular weight is 378 g/mol. The number of esters is 1. The summed E-state index contributed by atoms with van der Waals surface area (Å²) in [6.45, 7) is -1.20. The molecular weight excluding hydrogens is 367 g/mol. The molecule has 2 rings (SSSR count). The van der Waals surface area contributed by atoms with Crippen LogP contribution in [-0.4, -0.2) is 24.8 Å². The van der Waals surface area contributed by atoms with Gasteiger partial charge in [-0.25, -0.2) is 18.0 Å². The molecule has 0 atom stereocenters. The molecule has 0 spiro atoms. The number of methoxy groups -OCH3 is 1. The van der Waals surface area contributed by atoms with E-state index in [4.69, 9.17) is 14.6 Å². The van der Waals surface area contributed by atoms with E-state index in [9.17, 15) is 26.7 Å². The normalized spacial score (nSPS) is 10.6. The van der Waals surface area contributed by atoms with Crippen LogP contribution in [0.2, 0.25) is 0 Å². The predicted molar refractivity (Wildman–Crippen MR) is 76.3 cm³/mol. The maximum absolute atomic E-state index is 13.4. The van der Waals surface area contributed by atoms with E-state index in [1.165, 1.54) is 25.3 Å². The number of rotatable bonds is 6. The molecule has 0 aliphatic rings. The second-order valence-electron chi connectivity index (χ2n) is 4.79. The van der Waals surface area contributed by atoms with Gasteiger partial charge in [0.25, 0.3) is 0 Å². The first-order valence-corrected chi connectivity index (χ1v) is 6.92. The molecule has 10 heteroatoms. The van der Waals surface area contributed by atoms with E-state index >= 15 is 0 Å². The number of aliphatic hydroxyl groups is 1. The summed E-state index contributed by atoms with van der Waals surface area (Å²) in [6, 6.07) is 4.11. The molecule has 0 saturated heterocycles. The summed E-state index contributed by atoms with van der Waals surface area (Å²) < 4.78 is 80.0. The minimum Gasteiger partial charge on any atom is -0.496 e. The maximum atomic E-state index is 13.4. The van der Waals surface area contributed by atoms with Gasteiger partial charge >= 0.3 is 5.97 Å². The number of hydrogen-bond acceptors (Lipinski definition) is 5. The molecule has 26 heavy (non-hydrogen) atoms. The Labute approximate surface area is 143 Å². The SMILES string of the molecule is COc1cc(OCC(=O)Oc2c(F)c(F)c(F)c(F)c2F)ccc1CO. The maximum Gasteiger partial charge on any atom is 0.349 e. The highest BCUT2D eigenvalue weighted by Gasteiger charge is 2.28. The Morgan fingerprint density at radius 3 is 2.12 bits per heavy atom. The summed E-state index contributed by atoms with van der Waals surface area (Å²) in [6.07, 6.45) is 0. The van der Waals surface area contributed by atoms with Crippen LogP contribution in [-0.2, 0) is 11.4 Å². The van der Waals surface area contributed by atoms with Gasteiger partial charge in [-0.2, -0.15) is 8.78 Å². The molecule has 0 aromatic heterocycles. The van der Waals surface area contributed by atoms with Crippen LogP contribution in [0.25, 0.3) is 0 Å². The molecule has 0 fully saturated rings. The molecule has 5 nitrogen and oxygen atoms in total. The first-order valence-electron chi connectivity index (χ1n) is 6.92. The van der Waals surface area contributed by atoms with Crippen molar-refractivity contribution in [3.8, 4) is 17.2 Å². The fourth-order valence-corrected chi connectivity index (χ4v) is 1.91. The summed E-state index contributed by atoms with van der Waals surface area (Å²) in [7, 11) is 1.33. The number of carbonyl (C=O) groups is 1. The Kier molecular flexibility index (Phi) is 5.98. The lowest BCUT2D eigenvalue weighted by atomic mass is 10.2. The van der Waals surface area contributed by atoms with Crippen molar-refractivity contribution in [3.63, 3.8) is 0 Å². The van der Waals surface area contributed by atoms with Crippen molar-refractivity contribution in [2.75, 3.05) is 13.7 Å². The molecule has 0 heterocycles. The van der Waals surface area contributed by atoms with Crippen LogP contribution in [0.1, 0.15) is 5.56 Å². The first-order chi connectivity index (χ1) is 12.3. The number of hydrogen-bond donors (Lipinski definition) is 1. The zero-order valence-corrected chi connectivity index (χ0v) is 13.1. The number of benzene rings is 2. The smallest absolute Gasteiger partial charge is 0.349 e. The monoisotopic (exact) mass is 378 g/mol. The van der Waals surface area contributed by atoms with E-state index in [1.54, 1.807) is 0 Å². The lowest BCUT2D eigenvalue weighted by Crippen LogP contribution is -2.20. The van der Waals surface area contributed by atoms with Crippen molar-refractivity contribution < 1.29 is 46.1 Å².